The average molecular weight is 250 g/mol. The highest BCUT2D eigenvalue weighted by Gasteiger charge is 2.51. The molecule has 0 unspecified atom stereocenters. The first-order valence-electron chi connectivity index (χ1n) is 4.85. The van der Waals surface area contributed by atoms with Gasteiger partial charge in [0.2, 0.25) is 0 Å². The van der Waals surface area contributed by atoms with Gasteiger partial charge in [-0.2, -0.15) is 8.78 Å². The monoisotopic (exact) mass is 250 g/mol. The van der Waals surface area contributed by atoms with Gasteiger partial charge < -0.3 is 4.74 Å². The van der Waals surface area contributed by atoms with E-state index >= 15 is 0 Å². The van der Waals surface area contributed by atoms with Crippen LogP contribution in [0.3, 0.4) is 0 Å². The van der Waals surface area contributed by atoms with Gasteiger partial charge in [0.25, 0.3) is 0 Å². The quantitative estimate of drug-likeness (QED) is 0.466. The molecule has 0 saturated heterocycles. The number of esters is 1. The summed E-state index contributed by atoms with van der Waals surface area (Å²) >= 11 is 0. The van der Waals surface area contributed by atoms with Gasteiger partial charge in [0.1, 0.15) is 5.75 Å². The highest BCUT2D eigenvalue weighted by Crippen LogP contribution is 2.25. The molecule has 0 heterocycles. The molecule has 0 radical (unpaired) electrons. The van der Waals surface area contributed by atoms with Gasteiger partial charge in [0, 0.05) is 0 Å². The maximum Gasteiger partial charge on any atom is 0.402 e. The van der Waals surface area contributed by atoms with E-state index in [-0.39, 0.29) is 5.75 Å². The Balaban J connectivity index is 2.74. The summed E-state index contributed by atoms with van der Waals surface area (Å²) in [5.74, 6) is -7.23. The highest BCUT2D eigenvalue weighted by molar-refractivity contribution is 5.80. The molecule has 0 bridgehead atoms. The number of carbonyl (C=O) groups excluding carboxylic acids is 1. The molecule has 94 valence electrons. The number of alkyl halides is 4. The topological polar surface area (TPSA) is 26.3 Å². The van der Waals surface area contributed by atoms with Gasteiger partial charge in [-0.15, -0.1) is 0 Å². The predicted molar refractivity (Wildman–Crippen MR) is 52.4 cm³/mol. The van der Waals surface area contributed by atoms with Crippen molar-refractivity contribution in [3.05, 3.63) is 29.8 Å². The fraction of sp³-hybridized carbons (Fsp3) is 0.364. The Labute approximate surface area is 95.2 Å². The van der Waals surface area contributed by atoms with Crippen LogP contribution in [0.4, 0.5) is 17.6 Å². The number of benzene rings is 1. The zero-order valence-corrected chi connectivity index (χ0v) is 8.92. The molecule has 0 spiro atoms. The standard InChI is InChI=1S/C11H10F4O2/c1-2-7-3-5-8(6-4-7)17-10(16)11(14,15)9(12)13/h3-6,9H,2H2,1H3. The van der Waals surface area contributed by atoms with Gasteiger partial charge in [-0.3, -0.25) is 0 Å². The van der Waals surface area contributed by atoms with E-state index in [1.54, 1.807) is 12.1 Å². The molecule has 17 heavy (non-hydrogen) atoms. The number of hydrogen-bond donors (Lipinski definition) is 0. The maximum atomic E-state index is 12.5. The Hall–Kier alpha value is -1.59. The van der Waals surface area contributed by atoms with Gasteiger partial charge in [0.15, 0.2) is 0 Å². The van der Waals surface area contributed by atoms with Crippen molar-refractivity contribution < 1.29 is 27.1 Å². The van der Waals surface area contributed by atoms with Gasteiger partial charge >= 0.3 is 18.3 Å². The highest BCUT2D eigenvalue weighted by atomic mass is 19.3. The van der Waals surface area contributed by atoms with Gasteiger partial charge in [-0.05, 0) is 24.1 Å². The maximum absolute atomic E-state index is 12.5. The molecular weight excluding hydrogens is 240 g/mol. The van der Waals surface area contributed by atoms with Crippen molar-refractivity contribution in [2.45, 2.75) is 25.7 Å². The lowest BCUT2D eigenvalue weighted by atomic mass is 10.2. The summed E-state index contributed by atoms with van der Waals surface area (Å²) in [4.78, 5) is 10.8. The zero-order valence-electron chi connectivity index (χ0n) is 8.92. The van der Waals surface area contributed by atoms with Crippen LogP contribution in [0, 0.1) is 0 Å². The normalized spacial score (nSPS) is 11.6. The molecule has 0 saturated carbocycles. The lowest BCUT2D eigenvalue weighted by Crippen LogP contribution is -2.39. The van der Waals surface area contributed by atoms with Crippen LogP contribution in [0.1, 0.15) is 12.5 Å². The summed E-state index contributed by atoms with van der Waals surface area (Å²) in [7, 11) is 0. The molecule has 6 heteroatoms. The molecule has 0 atom stereocenters. The predicted octanol–water partition coefficient (Wildman–Crippen LogP) is 3.05. The Bertz CT molecular complexity index is 387. The van der Waals surface area contributed by atoms with Gasteiger partial charge in [-0.25, -0.2) is 13.6 Å². The van der Waals surface area contributed by atoms with E-state index < -0.39 is 18.3 Å². The molecule has 2 nitrogen and oxygen atoms in total. The first-order valence-corrected chi connectivity index (χ1v) is 4.85. The molecule has 0 aliphatic carbocycles. The summed E-state index contributed by atoms with van der Waals surface area (Å²) in [6, 6.07) is 5.67. The molecule has 0 aliphatic rings. The van der Waals surface area contributed by atoms with Crippen molar-refractivity contribution in [1.82, 2.24) is 0 Å². The fourth-order valence-electron chi connectivity index (χ4n) is 1.06. The van der Waals surface area contributed by atoms with Gasteiger partial charge in [0.05, 0.1) is 0 Å². The SMILES string of the molecule is CCc1ccc(OC(=O)C(F)(F)C(F)F)cc1. The molecule has 1 aromatic rings. The molecule has 0 fully saturated rings. The third-order valence-electron chi connectivity index (χ3n) is 2.09. The van der Waals surface area contributed by atoms with E-state index in [2.05, 4.69) is 4.74 Å². The van der Waals surface area contributed by atoms with E-state index in [9.17, 15) is 22.4 Å². The number of aryl methyl sites for hydroxylation is 1. The number of carbonyl (C=O) groups is 1. The number of rotatable bonds is 4. The third kappa shape index (κ3) is 3.18. The summed E-state index contributed by atoms with van der Waals surface area (Å²) in [5.41, 5.74) is 0.908. The second kappa shape index (κ2) is 5.16. The lowest BCUT2D eigenvalue weighted by Gasteiger charge is -2.13. The van der Waals surface area contributed by atoms with Crippen LogP contribution < -0.4 is 4.74 Å². The van der Waals surface area contributed by atoms with Crippen LogP contribution in [-0.2, 0) is 11.2 Å². The van der Waals surface area contributed by atoms with Crippen molar-refractivity contribution in [2.75, 3.05) is 0 Å². The van der Waals surface area contributed by atoms with E-state index in [0.717, 1.165) is 12.0 Å². The van der Waals surface area contributed by atoms with Crippen LogP contribution in [0.5, 0.6) is 5.75 Å². The first kappa shape index (κ1) is 13.5. The molecule has 0 amide bonds. The fourth-order valence-corrected chi connectivity index (χ4v) is 1.06. The molecule has 0 aromatic heterocycles. The summed E-state index contributed by atoms with van der Waals surface area (Å²) in [6.07, 6.45) is -3.36. The summed E-state index contributed by atoms with van der Waals surface area (Å²) < 4.78 is 52.9. The van der Waals surface area contributed by atoms with Crippen LogP contribution in [-0.4, -0.2) is 18.3 Å². The Morgan fingerprint density at radius 2 is 1.82 bits per heavy atom. The zero-order chi connectivity index (χ0) is 13.1. The number of ether oxygens (including phenoxy) is 1. The van der Waals surface area contributed by atoms with Gasteiger partial charge in [-0.1, -0.05) is 19.1 Å². The largest absolute Gasteiger partial charge is 0.422 e. The second-order valence-electron chi connectivity index (χ2n) is 3.31. The van der Waals surface area contributed by atoms with Crippen molar-refractivity contribution in [3.63, 3.8) is 0 Å². The van der Waals surface area contributed by atoms with E-state index in [4.69, 9.17) is 0 Å². The average Bonchev–Trinajstić information content (AvgIpc) is 2.29. The first-order chi connectivity index (χ1) is 7.87. The Morgan fingerprint density at radius 1 is 1.29 bits per heavy atom. The Kier molecular flexibility index (Phi) is 4.09. The molecule has 0 N–H and O–H groups in total. The third-order valence-corrected chi connectivity index (χ3v) is 2.09. The molecule has 1 rings (SSSR count). The van der Waals surface area contributed by atoms with Crippen LogP contribution in [0.2, 0.25) is 0 Å². The van der Waals surface area contributed by atoms with Crippen molar-refractivity contribution in [2.24, 2.45) is 0 Å². The number of hydrogen-bond acceptors (Lipinski definition) is 2. The molecule has 0 aliphatic heterocycles. The summed E-state index contributed by atoms with van der Waals surface area (Å²) in [5, 5.41) is 0. The minimum atomic E-state index is -4.79. The minimum Gasteiger partial charge on any atom is -0.422 e. The van der Waals surface area contributed by atoms with Crippen LogP contribution in [0.25, 0.3) is 0 Å². The molecule has 1 aromatic carbocycles. The van der Waals surface area contributed by atoms with E-state index in [1.165, 1.54) is 12.1 Å². The minimum absolute atomic E-state index is 0.187. The van der Waals surface area contributed by atoms with Crippen molar-refractivity contribution >= 4 is 5.97 Å². The Morgan fingerprint density at radius 3 is 2.24 bits per heavy atom. The van der Waals surface area contributed by atoms with Crippen molar-refractivity contribution in [3.8, 4) is 5.75 Å². The van der Waals surface area contributed by atoms with E-state index in [1.807, 2.05) is 6.92 Å². The van der Waals surface area contributed by atoms with E-state index in [0.29, 0.717) is 0 Å². The summed E-state index contributed by atoms with van der Waals surface area (Å²) in [6.45, 7) is 1.88. The second-order valence-corrected chi connectivity index (χ2v) is 3.31. The van der Waals surface area contributed by atoms with Crippen molar-refractivity contribution in [1.29, 1.82) is 0 Å². The van der Waals surface area contributed by atoms with Crippen LogP contribution >= 0.6 is 0 Å². The molecular formula is C11H10F4O2. The smallest absolute Gasteiger partial charge is 0.402 e. The van der Waals surface area contributed by atoms with Crippen LogP contribution in [0.15, 0.2) is 24.3 Å². The number of halogens is 4. The lowest BCUT2D eigenvalue weighted by molar-refractivity contribution is -0.184.